The third-order valence-electron chi connectivity index (χ3n) is 18.0. The van der Waals surface area contributed by atoms with Crippen LogP contribution in [0.25, 0.3) is 0 Å². The average Bonchev–Trinajstić information content (AvgIpc) is 3.63. The second-order valence-corrected chi connectivity index (χ2v) is 21.1. The van der Waals surface area contributed by atoms with Crippen molar-refractivity contribution in [2.75, 3.05) is 13.2 Å². The molecule has 22 atom stereocenters. The summed E-state index contributed by atoms with van der Waals surface area (Å²) in [5, 5.41) is 85.7. The van der Waals surface area contributed by atoms with Gasteiger partial charge in [-0.3, -0.25) is 0 Å². The second kappa shape index (κ2) is 12.5. The SMILES string of the molecule is C[C@@H]1C[C@H]2O[C@@]3(O[C@@H]2C(C)(C)O)[C@H](O[C@@H]2O[C@H](CO)[C@@H](O)[C@H](O)[C@H]2O)[C@@]2(C)[C@@H]4CC[C@H]5C(C)(C)[C@@H](O[C@@H]6OC[C@H](O)[C@H](O)[C@H]6O)CC[C@@]56C[C@@]46CC[C@]2(C)[C@@H]13. The molecule has 9 aliphatic rings. The third-order valence-corrected chi connectivity index (χ3v) is 18.0. The van der Waals surface area contributed by atoms with E-state index < -0.39 is 90.9 Å². The van der Waals surface area contributed by atoms with Crippen molar-refractivity contribution in [3.05, 3.63) is 0 Å². The molecule has 4 aliphatic heterocycles. The summed E-state index contributed by atoms with van der Waals surface area (Å²) in [6, 6.07) is 0. The van der Waals surface area contributed by atoms with Crippen molar-refractivity contribution >= 4 is 0 Å². The number of rotatable bonds is 6. The van der Waals surface area contributed by atoms with Crippen LogP contribution in [0.4, 0.5) is 0 Å². The standard InChI is InChI=1S/C41H66O14/c1-18-14-20-31(36(4,5)49)55-41(54-20)30(18)37(6)12-13-40-17-39(40)11-10-24(52-32-28(47)25(44)19(43)16-50-32)35(2,3)22(39)8-9-23(40)38(37,7)34(41)53-33-29(48)27(46)26(45)21(15-42)51-33/h18-34,42-49H,8-17H2,1-7H3/t18-,19+,20-,21-,22+,23+,24+,25+,26-,27+,28-,29-,30-,31+,32+,33+,34-,37-,38-,39-,40+,41+/m1/s1. The highest BCUT2D eigenvalue weighted by Crippen LogP contribution is 2.90. The zero-order valence-electron chi connectivity index (χ0n) is 33.4. The highest BCUT2D eigenvalue weighted by molar-refractivity contribution is 5.34. The molecule has 314 valence electrons. The molecular formula is C41H66O14. The Hall–Kier alpha value is -0.560. The van der Waals surface area contributed by atoms with E-state index in [0.29, 0.717) is 12.3 Å². The molecule has 4 heterocycles. The molecule has 2 bridgehead atoms. The zero-order chi connectivity index (χ0) is 39.6. The summed E-state index contributed by atoms with van der Waals surface area (Å²) < 4.78 is 39.6. The Labute approximate surface area is 323 Å². The van der Waals surface area contributed by atoms with Crippen LogP contribution in [0.15, 0.2) is 0 Å². The van der Waals surface area contributed by atoms with Crippen molar-refractivity contribution < 1.29 is 69.3 Å². The Morgan fingerprint density at radius 3 is 2.13 bits per heavy atom. The number of ether oxygens (including phenoxy) is 6. The fourth-order valence-corrected chi connectivity index (χ4v) is 15.5. The Morgan fingerprint density at radius 2 is 1.44 bits per heavy atom. The molecule has 55 heavy (non-hydrogen) atoms. The lowest BCUT2D eigenvalue weighted by molar-refractivity contribution is -0.362. The Balaban J connectivity index is 1.08. The highest BCUT2D eigenvalue weighted by atomic mass is 16.8. The molecule has 14 heteroatoms. The number of aliphatic hydroxyl groups is 8. The smallest absolute Gasteiger partial charge is 0.199 e. The summed E-state index contributed by atoms with van der Waals surface area (Å²) in [7, 11) is 0. The molecule has 0 aromatic carbocycles. The minimum absolute atomic E-state index is 0.0222. The molecule has 9 fully saturated rings. The lowest BCUT2D eigenvalue weighted by Gasteiger charge is -2.64. The maximum atomic E-state index is 11.5. The van der Waals surface area contributed by atoms with Gasteiger partial charge in [0, 0.05) is 11.3 Å². The van der Waals surface area contributed by atoms with Gasteiger partial charge < -0.3 is 69.3 Å². The van der Waals surface area contributed by atoms with Gasteiger partial charge in [0.2, 0.25) is 0 Å². The van der Waals surface area contributed by atoms with Crippen LogP contribution >= 0.6 is 0 Å². The van der Waals surface area contributed by atoms with Crippen molar-refractivity contribution in [2.45, 2.75) is 191 Å². The van der Waals surface area contributed by atoms with Crippen molar-refractivity contribution in [2.24, 2.45) is 50.7 Å². The van der Waals surface area contributed by atoms with Gasteiger partial charge in [0.05, 0.1) is 31.0 Å². The van der Waals surface area contributed by atoms with Crippen molar-refractivity contribution in [1.82, 2.24) is 0 Å². The van der Waals surface area contributed by atoms with Crippen LogP contribution in [-0.4, -0.2) is 145 Å². The van der Waals surface area contributed by atoms with Crippen LogP contribution in [0.2, 0.25) is 0 Å². The number of hydrogen-bond donors (Lipinski definition) is 8. The molecule has 0 amide bonds. The van der Waals surface area contributed by atoms with E-state index in [1.807, 2.05) is 0 Å². The molecular weight excluding hydrogens is 716 g/mol. The summed E-state index contributed by atoms with van der Waals surface area (Å²) in [4.78, 5) is 0. The van der Waals surface area contributed by atoms with Gasteiger partial charge >= 0.3 is 0 Å². The summed E-state index contributed by atoms with van der Waals surface area (Å²) >= 11 is 0. The minimum Gasteiger partial charge on any atom is -0.394 e. The predicted octanol–water partition coefficient (Wildman–Crippen LogP) is 0.946. The van der Waals surface area contributed by atoms with E-state index in [-0.39, 0.29) is 58.2 Å². The fraction of sp³-hybridized carbons (Fsp3) is 1.00. The minimum atomic E-state index is -1.61. The van der Waals surface area contributed by atoms with E-state index >= 15 is 0 Å². The summed E-state index contributed by atoms with van der Waals surface area (Å²) in [5.74, 6) is -0.778. The Bertz CT molecular complexity index is 1500. The van der Waals surface area contributed by atoms with E-state index in [9.17, 15) is 40.9 Å². The molecule has 0 aromatic heterocycles. The highest BCUT2D eigenvalue weighted by Gasteiger charge is 2.89. The summed E-state index contributed by atoms with van der Waals surface area (Å²) in [6.07, 6.45) is -6.96. The van der Waals surface area contributed by atoms with E-state index in [4.69, 9.17) is 28.4 Å². The Morgan fingerprint density at radius 1 is 0.764 bits per heavy atom. The number of aliphatic hydroxyl groups excluding tert-OH is 7. The molecule has 0 radical (unpaired) electrons. The van der Waals surface area contributed by atoms with E-state index in [1.54, 1.807) is 13.8 Å². The van der Waals surface area contributed by atoms with E-state index in [1.165, 1.54) is 0 Å². The first-order chi connectivity index (χ1) is 25.6. The monoisotopic (exact) mass is 782 g/mol. The molecule has 0 unspecified atom stereocenters. The van der Waals surface area contributed by atoms with Crippen LogP contribution in [-0.2, 0) is 28.4 Å². The van der Waals surface area contributed by atoms with E-state index in [0.717, 1.165) is 44.9 Å². The maximum Gasteiger partial charge on any atom is 0.199 e. The first-order valence-electron chi connectivity index (χ1n) is 21.0. The van der Waals surface area contributed by atoms with Gasteiger partial charge in [-0.2, -0.15) is 0 Å². The fourth-order valence-electron chi connectivity index (χ4n) is 15.5. The molecule has 4 saturated heterocycles. The van der Waals surface area contributed by atoms with Gasteiger partial charge in [-0.15, -0.1) is 0 Å². The van der Waals surface area contributed by atoms with Crippen molar-refractivity contribution in [3.8, 4) is 0 Å². The van der Waals surface area contributed by atoms with Crippen LogP contribution < -0.4 is 0 Å². The topological polar surface area (TPSA) is 217 Å². The Kier molecular flexibility index (Phi) is 9.06. The van der Waals surface area contributed by atoms with Gasteiger partial charge in [-0.25, -0.2) is 0 Å². The van der Waals surface area contributed by atoms with Gasteiger partial charge in [0.15, 0.2) is 18.4 Å². The lowest BCUT2D eigenvalue weighted by atomic mass is 9.41. The van der Waals surface area contributed by atoms with Gasteiger partial charge in [0.1, 0.15) is 54.9 Å². The lowest BCUT2D eigenvalue weighted by Crippen LogP contribution is -2.64. The molecule has 14 nitrogen and oxygen atoms in total. The van der Waals surface area contributed by atoms with Gasteiger partial charge in [0.25, 0.3) is 0 Å². The van der Waals surface area contributed by atoms with Crippen LogP contribution in [0.3, 0.4) is 0 Å². The molecule has 5 aliphatic carbocycles. The zero-order valence-corrected chi connectivity index (χ0v) is 33.4. The summed E-state index contributed by atoms with van der Waals surface area (Å²) in [5.41, 5.74) is -2.43. The molecule has 3 spiro atoms. The number of fused-ring (bicyclic) bond motifs is 4. The largest absolute Gasteiger partial charge is 0.394 e. The molecule has 8 N–H and O–H groups in total. The van der Waals surface area contributed by atoms with Crippen molar-refractivity contribution in [3.63, 3.8) is 0 Å². The molecule has 9 rings (SSSR count). The van der Waals surface area contributed by atoms with Gasteiger partial charge in [-0.05, 0) is 105 Å². The molecule has 0 aromatic rings. The first kappa shape index (κ1) is 39.9. The maximum absolute atomic E-state index is 11.5. The summed E-state index contributed by atoms with van der Waals surface area (Å²) in [6.45, 7) is 14.3. The van der Waals surface area contributed by atoms with Crippen LogP contribution in [0.5, 0.6) is 0 Å². The van der Waals surface area contributed by atoms with E-state index in [2.05, 4.69) is 34.6 Å². The first-order valence-corrected chi connectivity index (χ1v) is 21.0. The van der Waals surface area contributed by atoms with Crippen molar-refractivity contribution in [1.29, 1.82) is 0 Å². The average molecular weight is 783 g/mol. The third kappa shape index (κ3) is 4.98. The van der Waals surface area contributed by atoms with Gasteiger partial charge in [-0.1, -0.05) is 34.6 Å². The van der Waals surface area contributed by atoms with Crippen LogP contribution in [0, 0.1) is 50.7 Å². The van der Waals surface area contributed by atoms with Crippen LogP contribution in [0.1, 0.15) is 99.8 Å². The second-order valence-electron chi connectivity index (χ2n) is 21.1. The normalized spacial score (nSPS) is 60.6. The molecule has 5 saturated carbocycles. The quantitative estimate of drug-likeness (QED) is 0.176. The number of hydrogen-bond acceptors (Lipinski definition) is 14. The predicted molar refractivity (Wildman–Crippen MR) is 191 cm³/mol.